The van der Waals surface area contributed by atoms with Crippen molar-refractivity contribution in [3.05, 3.63) is 23.9 Å². The van der Waals surface area contributed by atoms with Crippen molar-refractivity contribution in [3.8, 4) is 5.88 Å². The average Bonchev–Trinajstić information content (AvgIpc) is 3.13. The third kappa shape index (κ3) is 3.35. The Hall–Kier alpha value is -0.800. The molecule has 1 aliphatic rings. The zero-order valence-corrected chi connectivity index (χ0v) is 10.3. The second-order valence-electron chi connectivity index (χ2n) is 4.20. The van der Waals surface area contributed by atoms with Gasteiger partial charge in [-0.15, -0.1) is 11.6 Å². The van der Waals surface area contributed by atoms with Crippen LogP contribution in [0.4, 0.5) is 0 Å². The summed E-state index contributed by atoms with van der Waals surface area (Å²) in [6.07, 6.45) is 4.39. The van der Waals surface area contributed by atoms with Gasteiger partial charge >= 0.3 is 0 Å². The molecule has 0 bridgehead atoms. The lowest BCUT2D eigenvalue weighted by atomic mass is 10.3. The molecular weight excluding hydrogens is 224 g/mol. The number of halogens is 1. The molecule has 0 aliphatic heterocycles. The summed E-state index contributed by atoms with van der Waals surface area (Å²) in [5.41, 5.74) is 1.04. The van der Waals surface area contributed by atoms with Gasteiger partial charge in [0.15, 0.2) is 0 Å². The maximum absolute atomic E-state index is 5.74. The highest BCUT2D eigenvalue weighted by atomic mass is 35.5. The Kier molecular flexibility index (Phi) is 4.02. The van der Waals surface area contributed by atoms with Gasteiger partial charge in [-0.3, -0.25) is 0 Å². The predicted octanol–water partition coefficient (Wildman–Crippen LogP) is 2.29. The van der Waals surface area contributed by atoms with Crippen LogP contribution in [0.5, 0.6) is 5.88 Å². The molecule has 16 heavy (non-hydrogen) atoms. The quantitative estimate of drug-likeness (QED) is 0.714. The highest BCUT2D eigenvalue weighted by Gasteiger charge is 2.25. The number of likely N-dealkylation sites (N-methyl/N-ethyl adjacent to an activating group) is 1. The fraction of sp³-hybridized carbons (Fsp3) is 0.583. The highest BCUT2D eigenvalue weighted by molar-refractivity contribution is 6.17. The Bertz CT molecular complexity index is 342. The summed E-state index contributed by atoms with van der Waals surface area (Å²) >= 11 is 5.74. The molecule has 0 saturated heterocycles. The minimum absolute atomic E-state index is 0.501. The minimum Gasteiger partial charge on any atom is -0.476 e. The van der Waals surface area contributed by atoms with Gasteiger partial charge in [0.25, 0.3) is 0 Å². The summed E-state index contributed by atoms with van der Waals surface area (Å²) in [6.45, 7) is 1.64. The highest BCUT2D eigenvalue weighted by Crippen LogP contribution is 2.24. The maximum Gasteiger partial charge on any atom is 0.213 e. The van der Waals surface area contributed by atoms with E-state index in [4.69, 9.17) is 16.3 Å². The van der Waals surface area contributed by atoms with Crippen LogP contribution in [0.15, 0.2) is 18.3 Å². The second kappa shape index (κ2) is 5.51. The van der Waals surface area contributed by atoms with Crippen molar-refractivity contribution in [2.24, 2.45) is 0 Å². The number of nitrogens with zero attached hydrogens (tertiary/aromatic N) is 2. The van der Waals surface area contributed by atoms with Crippen molar-refractivity contribution in [2.45, 2.75) is 24.8 Å². The molecule has 0 radical (unpaired) electrons. The van der Waals surface area contributed by atoms with Crippen molar-refractivity contribution in [1.82, 2.24) is 9.88 Å². The fourth-order valence-electron chi connectivity index (χ4n) is 1.60. The first kappa shape index (κ1) is 11.7. The number of pyridine rings is 1. The summed E-state index contributed by atoms with van der Waals surface area (Å²) in [7, 11) is 2.14. The third-order valence-corrected chi connectivity index (χ3v) is 3.13. The van der Waals surface area contributed by atoms with E-state index in [1.54, 1.807) is 6.20 Å². The lowest BCUT2D eigenvalue weighted by Gasteiger charge is -2.15. The molecule has 0 atom stereocenters. The molecule has 1 aromatic rings. The van der Waals surface area contributed by atoms with Crippen molar-refractivity contribution >= 4 is 11.6 Å². The van der Waals surface area contributed by atoms with Crippen LogP contribution in [-0.4, -0.2) is 36.1 Å². The van der Waals surface area contributed by atoms with Crippen molar-refractivity contribution in [1.29, 1.82) is 0 Å². The first-order valence-electron chi connectivity index (χ1n) is 5.63. The van der Waals surface area contributed by atoms with Crippen molar-refractivity contribution in [3.63, 3.8) is 0 Å². The standard InChI is InChI=1S/C12H17ClN2O/c1-15(11-2-3-11)6-7-16-12-8-10(9-13)4-5-14-12/h4-5,8,11H,2-3,6-7,9H2,1H3. The van der Waals surface area contributed by atoms with Crippen LogP contribution in [0.25, 0.3) is 0 Å². The Balaban J connectivity index is 1.75. The normalized spacial score (nSPS) is 15.4. The SMILES string of the molecule is CN(CCOc1cc(CCl)ccn1)C1CC1. The molecule has 1 aromatic heterocycles. The molecule has 0 N–H and O–H groups in total. The second-order valence-corrected chi connectivity index (χ2v) is 4.46. The van der Waals surface area contributed by atoms with E-state index in [1.807, 2.05) is 12.1 Å². The molecule has 0 amide bonds. The van der Waals surface area contributed by atoms with Gasteiger partial charge in [-0.05, 0) is 31.5 Å². The maximum atomic E-state index is 5.74. The lowest BCUT2D eigenvalue weighted by molar-refractivity contribution is 0.226. The van der Waals surface area contributed by atoms with Gasteiger partial charge in [0.2, 0.25) is 5.88 Å². The summed E-state index contributed by atoms with van der Waals surface area (Å²) in [6, 6.07) is 4.58. The Morgan fingerprint density at radius 2 is 2.38 bits per heavy atom. The lowest BCUT2D eigenvalue weighted by Crippen LogP contribution is -2.26. The third-order valence-electron chi connectivity index (χ3n) is 2.82. The summed E-state index contributed by atoms with van der Waals surface area (Å²) < 4.78 is 5.59. The van der Waals surface area contributed by atoms with Crippen molar-refractivity contribution in [2.75, 3.05) is 20.2 Å². The molecule has 1 aliphatic carbocycles. The predicted molar refractivity (Wildman–Crippen MR) is 64.9 cm³/mol. The van der Waals surface area contributed by atoms with E-state index in [9.17, 15) is 0 Å². The number of aromatic nitrogens is 1. The average molecular weight is 241 g/mol. The molecule has 4 heteroatoms. The van der Waals surface area contributed by atoms with E-state index in [1.165, 1.54) is 12.8 Å². The molecule has 88 valence electrons. The topological polar surface area (TPSA) is 25.4 Å². The molecule has 0 spiro atoms. The van der Waals surface area contributed by atoms with Gasteiger partial charge in [-0.2, -0.15) is 0 Å². The fourth-order valence-corrected chi connectivity index (χ4v) is 1.77. The van der Waals surface area contributed by atoms with Crippen LogP contribution in [-0.2, 0) is 5.88 Å². The monoisotopic (exact) mass is 240 g/mol. The molecule has 2 rings (SSSR count). The number of alkyl halides is 1. The van der Waals surface area contributed by atoms with E-state index in [-0.39, 0.29) is 0 Å². The number of hydrogen-bond donors (Lipinski definition) is 0. The summed E-state index contributed by atoms with van der Waals surface area (Å²) in [5.74, 6) is 1.17. The zero-order valence-electron chi connectivity index (χ0n) is 9.53. The first-order valence-corrected chi connectivity index (χ1v) is 6.17. The van der Waals surface area contributed by atoms with E-state index < -0.39 is 0 Å². The first-order chi connectivity index (χ1) is 7.79. The minimum atomic E-state index is 0.501. The van der Waals surface area contributed by atoms with E-state index in [0.29, 0.717) is 18.4 Å². The largest absolute Gasteiger partial charge is 0.476 e. The molecule has 0 aromatic carbocycles. The Morgan fingerprint density at radius 1 is 1.56 bits per heavy atom. The molecule has 1 fully saturated rings. The van der Waals surface area contributed by atoms with Crippen LogP contribution in [0.3, 0.4) is 0 Å². The van der Waals surface area contributed by atoms with Gasteiger partial charge in [-0.1, -0.05) is 0 Å². The smallest absolute Gasteiger partial charge is 0.213 e. The molecular formula is C12H17ClN2O. The number of ether oxygens (including phenoxy) is 1. The summed E-state index contributed by atoms with van der Waals surface area (Å²) in [4.78, 5) is 6.48. The van der Waals surface area contributed by atoms with Gasteiger partial charge in [0.1, 0.15) is 6.61 Å². The van der Waals surface area contributed by atoms with Crippen LogP contribution in [0.1, 0.15) is 18.4 Å². The Labute approximate surface area is 101 Å². The van der Waals surface area contributed by atoms with Crippen LogP contribution < -0.4 is 4.74 Å². The van der Waals surface area contributed by atoms with Gasteiger partial charge in [0.05, 0.1) is 0 Å². The molecule has 1 saturated carbocycles. The number of rotatable bonds is 6. The van der Waals surface area contributed by atoms with Gasteiger partial charge in [-0.25, -0.2) is 4.98 Å². The molecule has 1 heterocycles. The zero-order chi connectivity index (χ0) is 11.4. The van der Waals surface area contributed by atoms with Crippen LogP contribution in [0, 0.1) is 0 Å². The van der Waals surface area contributed by atoms with Gasteiger partial charge in [0, 0.05) is 30.7 Å². The van der Waals surface area contributed by atoms with Gasteiger partial charge < -0.3 is 9.64 Å². The molecule has 0 unspecified atom stereocenters. The molecule has 3 nitrogen and oxygen atoms in total. The van der Waals surface area contributed by atoms with E-state index in [2.05, 4.69) is 16.9 Å². The summed E-state index contributed by atoms with van der Waals surface area (Å²) in [5, 5.41) is 0. The van der Waals surface area contributed by atoms with E-state index in [0.717, 1.165) is 18.2 Å². The number of hydrogen-bond acceptors (Lipinski definition) is 3. The van der Waals surface area contributed by atoms with Crippen LogP contribution >= 0.6 is 11.6 Å². The van der Waals surface area contributed by atoms with Crippen molar-refractivity contribution < 1.29 is 4.74 Å². The van der Waals surface area contributed by atoms with Crippen LogP contribution in [0.2, 0.25) is 0 Å². The Morgan fingerprint density at radius 3 is 3.06 bits per heavy atom. The van der Waals surface area contributed by atoms with E-state index >= 15 is 0 Å².